The van der Waals surface area contributed by atoms with Crippen molar-refractivity contribution in [3.63, 3.8) is 0 Å². The lowest BCUT2D eigenvalue weighted by atomic mass is 10.1. The first-order valence-electron chi connectivity index (χ1n) is 7.67. The van der Waals surface area contributed by atoms with Gasteiger partial charge in [0.05, 0.1) is 5.56 Å². The normalized spacial score (nSPS) is 23.4. The molecule has 0 aromatic heterocycles. The molecular formula is C18H13F3O4. The van der Waals surface area contributed by atoms with Crippen molar-refractivity contribution in [1.29, 1.82) is 0 Å². The first-order chi connectivity index (χ1) is 11.8. The van der Waals surface area contributed by atoms with Crippen molar-refractivity contribution in [3.05, 3.63) is 59.2 Å². The number of benzene rings is 2. The number of halogens is 3. The standard InChI is InChI=1S/C18H13F3O4/c19-18(20,21)10-3-1-2-9(6-10)8-24-11-4-5-12-13(7-11)25-16-14(12)15(16)17(22)23/h1-7,14-16H,8H2,(H,22,23)/t14-,15-,16-/m1/s1. The zero-order valence-corrected chi connectivity index (χ0v) is 12.8. The first kappa shape index (κ1) is 15.8. The number of carbonyl (C=O) groups is 1. The first-order valence-corrected chi connectivity index (χ1v) is 7.67. The number of hydrogen-bond donors (Lipinski definition) is 1. The third-order valence-electron chi connectivity index (χ3n) is 4.51. The van der Waals surface area contributed by atoms with E-state index >= 15 is 0 Å². The Balaban J connectivity index is 1.45. The average molecular weight is 350 g/mol. The van der Waals surface area contributed by atoms with Crippen LogP contribution in [0.25, 0.3) is 0 Å². The molecule has 0 unspecified atom stereocenters. The van der Waals surface area contributed by atoms with Crippen LogP contribution in [0.5, 0.6) is 11.5 Å². The smallest absolute Gasteiger partial charge is 0.416 e. The third-order valence-corrected chi connectivity index (χ3v) is 4.51. The molecule has 130 valence electrons. The molecule has 2 aliphatic rings. The molecule has 1 aliphatic heterocycles. The van der Waals surface area contributed by atoms with Crippen LogP contribution in [-0.4, -0.2) is 17.2 Å². The molecule has 4 rings (SSSR count). The van der Waals surface area contributed by atoms with Crippen LogP contribution in [0.2, 0.25) is 0 Å². The molecule has 2 aromatic carbocycles. The maximum atomic E-state index is 12.7. The predicted octanol–water partition coefficient (Wildman–Crippen LogP) is 3.84. The van der Waals surface area contributed by atoms with Gasteiger partial charge in [0.1, 0.15) is 30.1 Å². The largest absolute Gasteiger partial charge is 0.489 e. The zero-order valence-electron chi connectivity index (χ0n) is 12.8. The molecule has 1 heterocycles. The highest BCUT2D eigenvalue weighted by molar-refractivity contribution is 5.79. The maximum absolute atomic E-state index is 12.7. The van der Waals surface area contributed by atoms with Gasteiger partial charge in [0.2, 0.25) is 0 Å². The fourth-order valence-electron chi connectivity index (χ4n) is 3.23. The highest BCUT2D eigenvalue weighted by Gasteiger charge is 2.63. The number of fused-ring (bicyclic) bond motifs is 3. The van der Waals surface area contributed by atoms with Crippen molar-refractivity contribution in [2.75, 3.05) is 0 Å². The van der Waals surface area contributed by atoms with Crippen molar-refractivity contribution in [2.24, 2.45) is 5.92 Å². The van der Waals surface area contributed by atoms with Gasteiger partial charge in [0.25, 0.3) is 0 Å². The summed E-state index contributed by atoms with van der Waals surface area (Å²) in [5.74, 6) is -0.446. The zero-order chi connectivity index (χ0) is 17.8. The van der Waals surface area contributed by atoms with Crippen LogP contribution in [0.3, 0.4) is 0 Å². The minimum atomic E-state index is -4.39. The van der Waals surface area contributed by atoms with Gasteiger partial charge in [-0.1, -0.05) is 18.2 Å². The van der Waals surface area contributed by atoms with Gasteiger partial charge in [-0.25, -0.2) is 0 Å². The maximum Gasteiger partial charge on any atom is 0.416 e. The van der Waals surface area contributed by atoms with Crippen molar-refractivity contribution >= 4 is 5.97 Å². The molecule has 2 aromatic rings. The van der Waals surface area contributed by atoms with E-state index in [4.69, 9.17) is 14.6 Å². The second kappa shape index (κ2) is 5.40. The van der Waals surface area contributed by atoms with Gasteiger partial charge >= 0.3 is 12.1 Å². The number of carboxylic acid groups (broad SMARTS) is 1. The Bertz CT molecular complexity index is 846. The Morgan fingerprint density at radius 3 is 2.72 bits per heavy atom. The van der Waals surface area contributed by atoms with Gasteiger partial charge in [0, 0.05) is 17.5 Å². The fourth-order valence-corrected chi connectivity index (χ4v) is 3.23. The number of alkyl halides is 3. The van der Waals surface area contributed by atoms with E-state index in [9.17, 15) is 18.0 Å². The van der Waals surface area contributed by atoms with Crippen LogP contribution in [0, 0.1) is 5.92 Å². The van der Waals surface area contributed by atoms with Gasteiger partial charge in [-0.3, -0.25) is 4.79 Å². The van der Waals surface area contributed by atoms with Crippen LogP contribution in [0.4, 0.5) is 13.2 Å². The summed E-state index contributed by atoms with van der Waals surface area (Å²) < 4.78 is 49.3. The molecular weight excluding hydrogens is 337 g/mol. The molecule has 0 spiro atoms. The lowest BCUT2D eigenvalue weighted by Gasteiger charge is -2.12. The Kier molecular flexibility index (Phi) is 3.42. The second-order valence-corrected chi connectivity index (χ2v) is 6.16. The monoisotopic (exact) mass is 350 g/mol. The molecule has 1 saturated carbocycles. The van der Waals surface area contributed by atoms with E-state index in [-0.39, 0.29) is 18.6 Å². The number of aliphatic carboxylic acids is 1. The van der Waals surface area contributed by atoms with E-state index in [0.29, 0.717) is 17.1 Å². The summed E-state index contributed by atoms with van der Waals surface area (Å²) in [5, 5.41) is 9.04. The van der Waals surface area contributed by atoms with Crippen LogP contribution in [-0.2, 0) is 17.6 Å². The molecule has 1 N–H and O–H groups in total. The number of rotatable bonds is 4. The van der Waals surface area contributed by atoms with Crippen molar-refractivity contribution < 1.29 is 32.5 Å². The highest BCUT2D eigenvalue weighted by Crippen LogP contribution is 2.58. The van der Waals surface area contributed by atoms with Gasteiger partial charge < -0.3 is 14.6 Å². The van der Waals surface area contributed by atoms with E-state index in [0.717, 1.165) is 17.7 Å². The Labute approximate surface area is 140 Å². The van der Waals surface area contributed by atoms with E-state index < -0.39 is 23.6 Å². The Morgan fingerprint density at radius 2 is 2.00 bits per heavy atom. The lowest BCUT2D eigenvalue weighted by molar-refractivity contribution is -0.139. The van der Waals surface area contributed by atoms with E-state index in [1.165, 1.54) is 6.07 Å². The quantitative estimate of drug-likeness (QED) is 0.910. The number of hydrogen-bond acceptors (Lipinski definition) is 3. The van der Waals surface area contributed by atoms with Crippen LogP contribution < -0.4 is 9.47 Å². The molecule has 0 radical (unpaired) electrons. The van der Waals surface area contributed by atoms with Gasteiger partial charge in [-0.05, 0) is 23.8 Å². The molecule has 0 amide bonds. The fraction of sp³-hybridized carbons (Fsp3) is 0.278. The molecule has 1 aliphatic carbocycles. The summed E-state index contributed by atoms with van der Waals surface area (Å²) in [7, 11) is 0. The molecule has 1 fully saturated rings. The molecule has 0 bridgehead atoms. The minimum Gasteiger partial charge on any atom is -0.489 e. The summed E-state index contributed by atoms with van der Waals surface area (Å²) in [6.07, 6.45) is -4.72. The summed E-state index contributed by atoms with van der Waals surface area (Å²) >= 11 is 0. The van der Waals surface area contributed by atoms with Crippen molar-refractivity contribution in [2.45, 2.75) is 24.8 Å². The summed E-state index contributed by atoms with van der Waals surface area (Å²) in [5.41, 5.74) is 0.527. The highest BCUT2D eigenvalue weighted by atomic mass is 19.4. The van der Waals surface area contributed by atoms with Crippen LogP contribution in [0.15, 0.2) is 42.5 Å². The summed E-state index contributed by atoms with van der Waals surface area (Å²) in [6.45, 7) is -0.00663. The Hall–Kier alpha value is -2.70. The second-order valence-electron chi connectivity index (χ2n) is 6.16. The minimum absolute atomic E-state index is 0.00663. The van der Waals surface area contributed by atoms with Crippen LogP contribution in [0.1, 0.15) is 22.6 Å². The SMILES string of the molecule is O=C(O)[C@H]1[C@@H]2Oc3cc(OCc4cccc(C(F)(F)F)c4)ccc3[C@@H]21. The third kappa shape index (κ3) is 2.79. The topological polar surface area (TPSA) is 55.8 Å². The molecule has 4 nitrogen and oxygen atoms in total. The van der Waals surface area contributed by atoms with Crippen molar-refractivity contribution in [1.82, 2.24) is 0 Å². The van der Waals surface area contributed by atoms with Crippen LogP contribution >= 0.6 is 0 Å². The lowest BCUT2D eigenvalue weighted by Crippen LogP contribution is -2.08. The van der Waals surface area contributed by atoms with Crippen molar-refractivity contribution in [3.8, 4) is 11.5 Å². The summed E-state index contributed by atoms with van der Waals surface area (Å²) in [4.78, 5) is 11.0. The van der Waals surface area contributed by atoms with E-state index in [1.54, 1.807) is 24.3 Å². The molecule has 25 heavy (non-hydrogen) atoms. The van der Waals surface area contributed by atoms with E-state index in [1.807, 2.05) is 0 Å². The van der Waals surface area contributed by atoms with Gasteiger partial charge in [-0.2, -0.15) is 13.2 Å². The summed E-state index contributed by atoms with van der Waals surface area (Å²) in [6, 6.07) is 10.0. The molecule has 7 heteroatoms. The Morgan fingerprint density at radius 1 is 1.20 bits per heavy atom. The molecule has 3 atom stereocenters. The average Bonchev–Trinajstić information content (AvgIpc) is 3.16. The number of carboxylic acids is 1. The predicted molar refractivity (Wildman–Crippen MR) is 80.5 cm³/mol. The van der Waals surface area contributed by atoms with Gasteiger partial charge in [0.15, 0.2) is 0 Å². The van der Waals surface area contributed by atoms with E-state index in [2.05, 4.69) is 0 Å². The van der Waals surface area contributed by atoms with Gasteiger partial charge in [-0.15, -0.1) is 0 Å². The number of ether oxygens (including phenoxy) is 2. The molecule has 0 saturated heterocycles.